The van der Waals surface area contributed by atoms with Crippen molar-refractivity contribution in [2.75, 3.05) is 7.11 Å². The maximum Gasteiger partial charge on any atom is 0.330 e. The summed E-state index contributed by atoms with van der Waals surface area (Å²) in [6, 6.07) is 0. The third kappa shape index (κ3) is 4.70. The standard InChI is InChI=1S/C29H42O6/c1-17(7-10-26(32)33-6)22-8-9-23-27-24(12-14-29(22,23)5)28(4)13-11-21(34-18(2)30)15-20(28)16-25(27)35-19(3)31/h7-8,10,17,20-21,23-25,27H,9,11-16H2,1-6H3/b10-7+/t17-,20+,21-,23+,24+,25-,27+,28+,29-/m0/s1. The van der Waals surface area contributed by atoms with Crippen molar-refractivity contribution in [2.24, 2.45) is 40.4 Å². The normalized spacial score (nSPS) is 41.1. The minimum Gasteiger partial charge on any atom is -0.466 e. The van der Waals surface area contributed by atoms with Gasteiger partial charge in [-0.1, -0.05) is 38.5 Å². The molecule has 3 saturated carbocycles. The van der Waals surface area contributed by atoms with Crippen molar-refractivity contribution in [1.82, 2.24) is 0 Å². The third-order valence-electron chi connectivity index (χ3n) is 10.1. The van der Waals surface area contributed by atoms with E-state index in [9.17, 15) is 14.4 Å². The average molecular weight is 487 g/mol. The Morgan fingerprint density at radius 3 is 2.40 bits per heavy atom. The fourth-order valence-electron chi connectivity index (χ4n) is 8.54. The van der Waals surface area contributed by atoms with Gasteiger partial charge in [0, 0.05) is 25.8 Å². The molecule has 0 radical (unpaired) electrons. The van der Waals surface area contributed by atoms with E-state index >= 15 is 0 Å². The molecule has 0 heterocycles. The molecule has 3 fully saturated rings. The predicted molar refractivity (Wildman–Crippen MR) is 132 cm³/mol. The lowest BCUT2D eigenvalue weighted by molar-refractivity contribution is -0.192. The summed E-state index contributed by atoms with van der Waals surface area (Å²) >= 11 is 0. The summed E-state index contributed by atoms with van der Waals surface area (Å²) in [5.74, 6) is 0.996. The molecule has 4 rings (SSSR count). The molecular formula is C29H42O6. The summed E-state index contributed by atoms with van der Waals surface area (Å²) in [6.45, 7) is 9.98. The van der Waals surface area contributed by atoms with Gasteiger partial charge in [-0.05, 0) is 79.4 Å². The van der Waals surface area contributed by atoms with E-state index in [0.29, 0.717) is 23.7 Å². The minimum absolute atomic E-state index is 0.0254. The Bertz CT molecular complexity index is 920. The third-order valence-corrected chi connectivity index (χ3v) is 10.1. The summed E-state index contributed by atoms with van der Waals surface area (Å²) in [7, 11) is 1.40. The number of carbonyl (C=O) groups excluding carboxylic acids is 3. The molecule has 0 aromatic carbocycles. The molecule has 0 aliphatic heterocycles. The Labute approximate surface area is 209 Å². The largest absolute Gasteiger partial charge is 0.466 e. The molecule has 0 aromatic heterocycles. The molecule has 9 atom stereocenters. The molecule has 0 saturated heterocycles. The summed E-state index contributed by atoms with van der Waals surface area (Å²) in [4.78, 5) is 35.5. The van der Waals surface area contributed by atoms with Gasteiger partial charge < -0.3 is 14.2 Å². The van der Waals surface area contributed by atoms with Gasteiger partial charge >= 0.3 is 17.9 Å². The molecule has 0 spiro atoms. The number of hydrogen-bond acceptors (Lipinski definition) is 6. The van der Waals surface area contributed by atoms with Crippen LogP contribution < -0.4 is 0 Å². The number of hydrogen-bond donors (Lipinski definition) is 0. The van der Waals surface area contributed by atoms with Crippen molar-refractivity contribution in [1.29, 1.82) is 0 Å². The molecule has 6 heteroatoms. The summed E-state index contributed by atoms with van der Waals surface area (Å²) in [5.41, 5.74) is 1.59. The lowest BCUT2D eigenvalue weighted by atomic mass is 9.43. The van der Waals surface area contributed by atoms with E-state index in [1.54, 1.807) is 0 Å². The Hall–Kier alpha value is -2.11. The number of fused-ring (bicyclic) bond motifs is 5. The Kier molecular flexibility index (Phi) is 7.23. The van der Waals surface area contributed by atoms with E-state index in [-0.39, 0.29) is 46.9 Å². The molecule has 0 amide bonds. The molecule has 6 nitrogen and oxygen atoms in total. The molecular weight excluding hydrogens is 444 g/mol. The van der Waals surface area contributed by atoms with Crippen LogP contribution in [0.1, 0.15) is 79.6 Å². The van der Waals surface area contributed by atoms with Crippen LogP contribution in [0.2, 0.25) is 0 Å². The van der Waals surface area contributed by atoms with Crippen LogP contribution in [-0.4, -0.2) is 37.2 Å². The van der Waals surface area contributed by atoms with Gasteiger partial charge in [0.2, 0.25) is 0 Å². The first-order valence-corrected chi connectivity index (χ1v) is 13.3. The van der Waals surface area contributed by atoms with Gasteiger partial charge in [-0.2, -0.15) is 0 Å². The lowest BCUT2D eigenvalue weighted by Gasteiger charge is -2.62. The summed E-state index contributed by atoms with van der Waals surface area (Å²) < 4.78 is 16.5. The van der Waals surface area contributed by atoms with Gasteiger partial charge in [-0.25, -0.2) is 4.79 Å². The highest BCUT2D eigenvalue weighted by Crippen LogP contribution is 2.67. The topological polar surface area (TPSA) is 78.9 Å². The van der Waals surface area contributed by atoms with Gasteiger partial charge in [0.25, 0.3) is 0 Å². The number of esters is 3. The first-order valence-electron chi connectivity index (χ1n) is 13.3. The molecule has 4 aliphatic carbocycles. The van der Waals surface area contributed by atoms with Crippen LogP contribution in [0.3, 0.4) is 0 Å². The van der Waals surface area contributed by atoms with Crippen LogP contribution in [0, 0.1) is 40.4 Å². The van der Waals surface area contributed by atoms with Crippen molar-refractivity contribution in [2.45, 2.75) is 91.8 Å². The van der Waals surface area contributed by atoms with Crippen LogP contribution in [-0.2, 0) is 28.6 Å². The van der Waals surface area contributed by atoms with Gasteiger partial charge in [-0.15, -0.1) is 0 Å². The number of methoxy groups -OCH3 is 1. The van der Waals surface area contributed by atoms with Crippen LogP contribution in [0.15, 0.2) is 23.8 Å². The SMILES string of the molecule is COC(=O)/C=C/[C@H](C)C1=CC[C@@H]2[C@H]3[C@@H](OC(C)=O)C[C@H]4C[C@@H](OC(C)=O)CC[C@@]4(C)[C@@H]3CC[C@@]12C. The van der Waals surface area contributed by atoms with E-state index in [1.165, 1.54) is 32.6 Å². The number of carbonyl (C=O) groups is 3. The second-order valence-electron chi connectivity index (χ2n) is 11.9. The van der Waals surface area contributed by atoms with Gasteiger partial charge in [-0.3, -0.25) is 9.59 Å². The zero-order chi connectivity index (χ0) is 25.5. The highest BCUT2D eigenvalue weighted by molar-refractivity contribution is 5.81. The molecule has 4 aliphatic rings. The summed E-state index contributed by atoms with van der Waals surface area (Å²) in [5, 5.41) is 0. The molecule has 0 bridgehead atoms. The fraction of sp³-hybridized carbons (Fsp3) is 0.759. The Balaban J connectivity index is 1.61. The second kappa shape index (κ2) is 9.74. The highest BCUT2D eigenvalue weighted by atomic mass is 16.5. The van der Waals surface area contributed by atoms with Gasteiger partial charge in [0.1, 0.15) is 12.2 Å². The van der Waals surface area contributed by atoms with Crippen LogP contribution in [0.4, 0.5) is 0 Å². The second-order valence-corrected chi connectivity index (χ2v) is 11.9. The van der Waals surface area contributed by atoms with Crippen molar-refractivity contribution >= 4 is 17.9 Å². The van der Waals surface area contributed by atoms with E-state index < -0.39 is 0 Å². The molecule has 0 aromatic rings. The van der Waals surface area contributed by atoms with Crippen molar-refractivity contribution in [3.05, 3.63) is 23.8 Å². The number of ether oxygens (including phenoxy) is 3. The Morgan fingerprint density at radius 2 is 1.74 bits per heavy atom. The van der Waals surface area contributed by atoms with E-state index in [4.69, 9.17) is 14.2 Å². The van der Waals surface area contributed by atoms with E-state index in [0.717, 1.165) is 44.9 Å². The molecule has 35 heavy (non-hydrogen) atoms. The highest BCUT2D eigenvalue weighted by Gasteiger charge is 2.62. The molecule has 0 N–H and O–H groups in total. The summed E-state index contributed by atoms with van der Waals surface area (Å²) in [6.07, 6.45) is 12.6. The monoisotopic (exact) mass is 486 g/mol. The van der Waals surface area contributed by atoms with Crippen LogP contribution in [0.5, 0.6) is 0 Å². The molecule has 0 unspecified atom stereocenters. The minimum atomic E-state index is -0.327. The zero-order valence-electron chi connectivity index (χ0n) is 22.2. The first kappa shape index (κ1) is 26.0. The quantitative estimate of drug-likeness (QED) is 0.224. The maximum absolute atomic E-state index is 12.2. The predicted octanol–water partition coefficient (Wildman–Crippen LogP) is 5.40. The lowest BCUT2D eigenvalue weighted by Crippen LogP contribution is -2.59. The first-order chi connectivity index (χ1) is 16.5. The van der Waals surface area contributed by atoms with E-state index in [1.807, 2.05) is 6.08 Å². The zero-order valence-corrected chi connectivity index (χ0v) is 22.2. The number of rotatable bonds is 5. The van der Waals surface area contributed by atoms with Crippen molar-refractivity contribution < 1.29 is 28.6 Å². The maximum atomic E-state index is 12.2. The molecule has 194 valence electrons. The van der Waals surface area contributed by atoms with Crippen LogP contribution in [0.25, 0.3) is 0 Å². The fourth-order valence-corrected chi connectivity index (χ4v) is 8.54. The van der Waals surface area contributed by atoms with Crippen LogP contribution >= 0.6 is 0 Å². The van der Waals surface area contributed by atoms with E-state index in [2.05, 4.69) is 26.8 Å². The Morgan fingerprint density at radius 1 is 1.03 bits per heavy atom. The van der Waals surface area contributed by atoms with Gasteiger partial charge in [0.15, 0.2) is 0 Å². The van der Waals surface area contributed by atoms with Gasteiger partial charge in [0.05, 0.1) is 7.11 Å². The number of allylic oxidation sites excluding steroid dienone is 3. The van der Waals surface area contributed by atoms with Crippen molar-refractivity contribution in [3.8, 4) is 0 Å². The van der Waals surface area contributed by atoms with Crippen molar-refractivity contribution in [3.63, 3.8) is 0 Å². The average Bonchev–Trinajstić information content (AvgIpc) is 3.14. The smallest absolute Gasteiger partial charge is 0.330 e.